The van der Waals surface area contributed by atoms with E-state index in [9.17, 15) is 4.79 Å². The Bertz CT molecular complexity index is 636. The normalized spacial score (nSPS) is 24.3. The molecule has 1 saturated heterocycles. The van der Waals surface area contributed by atoms with Gasteiger partial charge in [-0.1, -0.05) is 12.1 Å². The molecule has 1 aliphatic rings. The summed E-state index contributed by atoms with van der Waals surface area (Å²) < 4.78 is 12.7. The van der Waals surface area contributed by atoms with Crippen LogP contribution in [0.4, 0.5) is 0 Å². The second-order valence-corrected chi connectivity index (χ2v) is 5.50. The number of benzene rings is 1. The number of hydrogen-bond donors (Lipinski definition) is 0. The summed E-state index contributed by atoms with van der Waals surface area (Å²) in [6.45, 7) is 7.48. The largest absolute Gasteiger partial charge is 0.419 e. The standard InChI is InChI=1S/C15H20N2O3/c1-11-9-16(10-12(2)19-11)7-8-17-13-5-3-4-6-14(13)20-15(17)18/h3-6,11-12H,7-10H2,1-2H3. The fourth-order valence-corrected chi connectivity index (χ4v) is 2.93. The van der Waals surface area contributed by atoms with Gasteiger partial charge in [0.15, 0.2) is 5.58 Å². The van der Waals surface area contributed by atoms with Crippen LogP contribution >= 0.6 is 0 Å². The van der Waals surface area contributed by atoms with Gasteiger partial charge in [-0.05, 0) is 26.0 Å². The van der Waals surface area contributed by atoms with Crippen LogP contribution in [0.1, 0.15) is 13.8 Å². The Hall–Kier alpha value is -1.59. The van der Waals surface area contributed by atoms with Gasteiger partial charge in [-0.25, -0.2) is 4.79 Å². The maximum Gasteiger partial charge on any atom is 0.419 e. The van der Waals surface area contributed by atoms with Gasteiger partial charge in [0, 0.05) is 26.2 Å². The number of aromatic nitrogens is 1. The third-order valence-electron chi connectivity index (χ3n) is 3.71. The first-order valence-corrected chi connectivity index (χ1v) is 7.09. The monoisotopic (exact) mass is 276 g/mol. The van der Waals surface area contributed by atoms with E-state index in [1.807, 2.05) is 24.3 Å². The van der Waals surface area contributed by atoms with Gasteiger partial charge in [-0.3, -0.25) is 9.47 Å². The fraction of sp³-hybridized carbons (Fsp3) is 0.533. The molecule has 1 fully saturated rings. The number of fused-ring (bicyclic) bond motifs is 1. The smallest absolute Gasteiger partial charge is 0.408 e. The lowest BCUT2D eigenvalue weighted by Gasteiger charge is -2.35. The number of morpholine rings is 1. The van der Waals surface area contributed by atoms with Gasteiger partial charge in [-0.15, -0.1) is 0 Å². The zero-order valence-electron chi connectivity index (χ0n) is 11.9. The molecular weight excluding hydrogens is 256 g/mol. The lowest BCUT2D eigenvalue weighted by atomic mass is 10.2. The van der Waals surface area contributed by atoms with Crippen LogP contribution in [0, 0.1) is 0 Å². The van der Waals surface area contributed by atoms with Crippen LogP contribution in [0.15, 0.2) is 33.5 Å². The minimum Gasteiger partial charge on any atom is -0.408 e. The molecule has 2 aromatic rings. The van der Waals surface area contributed by atoms with Crippen LogP contribution in [-0.4, -0.2) is 41.3 Å². The van der Waals surface area contributed by atoms with Gasteiger partial charge in [0.25, 0.3) is 0 Å². The van der Waals surface area contributed by atoms with Crippen molar-refractivity contribution >= 4 is 11.1 Å². The number of rotatable bonds is 3. The summed E-state index contributed by atoms with van der Waals surface area (Å²) in [6.07, 6.45) is 0.494. The van der Waals surface area contributed by atoms with E-state index < -0.39 is 0 Å². The molecule has 0 amide bonds. The molecule has 5 heteroatoms. The fourth-order valence-electron chi connectivity index (χ4n) is 2.93. The molecule has 0 aliphatic carbocycles. The van der Waals surface area contributed by atoms with Crippen LogP contribution in [-0.2, 0) is 11.3 Å². The maximum absolute atomic E-state index is 11.9. The summed E-state index contributed by atoms with van der Waals surface area (Å²) in [6, 6.07) is 7.55. The van der Waals surface area contributed by atoms with Gasteiger partial charge in [-0.2, -0.15) is 0 Å². The van der Waals surface area contributed by atoms with Crippen molar-refractivity contribution in [3.63, 3.8) is 0 Å². The Balaban J connectivity index is 1.74. The number of oxazole rings is 1. The molecule has 3 rings (SSSR count). The molecule has 2 unspecified atom stereocenters. The van der Waals surface area contributed by atoms with Crippen molar-refractivity contribution in [3.05, 3.63) is 34.8 Å². The zero-order chi connectivity index (χ0) is 14.1. The molecule has 2 heterocycles. The molecule has 0 spiro atoms. The molecular formula is C15H20N2O3. The van der Waals surface area contributed by atoms with Crippen molar-refractivity contribution in [2.24, 2.45) is 0 Å². The van der Waals surface area contributed by atoms with Crippen LogP contribution < -0.4 is 5.76 Å². The molecule has 1 aromatic heterocycles. The predicted molar refractivity (Wildman–Crippen MR) is 76.9 cm³/mol. The Morgan fingerprint density at radius 3 is 2.60 bits per heavy atom. The van der Waals surface area contributed by atoms with Gasteiger partial charge < -0.3 is 9.15 Å². The first-order chi connectivity index (χ1) is 9.63. The van der Waals surface area contributed by atoms with Crippen LogP contribution in [0.25, 0.3) is 11.1 Å². The third kappa shape index (κ3) is 2.64. The third-order valence-corrected chi connectivity index (χ3v) is 3.71. The minimum atomic E-state index is -0.277. The predicted octanol–water partition coefficient (Wildman–Crippen LogP) is 1.70. The quantitative estimate of drug-likeness (QED) is 0.856. The molecule has 0 N–H and O–H groups in total. The SMILES string of the molecule is CC1CN(CCn2c(=O)oc3ccccc32)CC(C)O1. The van der Waals surface area contributed by atoms with Crippen LogP contribution in [0.5, 0.6) is 0 Å². The second kappa shape index (κ2) is 5.42. The molecule has 108 valence electrons. The summed E-state index contributed by atoms with van der Waals surface area (Å²) in [5, 5.41) is 0. The highest BCUT2D eigenvalue weighted by Crippen LogP contribution is 2.13. The Kier molecular flexibility index (Phi) is 3.63. The van der Waals surface area contributed by atoms with Crippen molar-refractivity contribution in [2.45, 2.75) is 32.6 Å². The molecule has 1 aromatic carbocycles. The summed E-state index contributed by atoms with van der Waals surface area (Å²) in [5.74, 6) is -0.277. The molecule has 1 aliphatic heterocycles. The molecule has 2 atom stereocenters. The highest BCUT2D eigenvalue weighted by Gasteiger charge is 2.22. The summed E-state index contributed by atoms with van der Waals surface area (Å²) in [4.78, 5) is 14.2. The lowest BCUT2D eigenvalue weighted by Crippen LogP contribution is -2.46. The second-order valence-electron chi connectivity index (χ2n) is 5.50. The van der Waals surface area contributed by atoms with E-state index in [1.165, 1.54) is 0 Å². The molecule has 20 heavy (non-hydrogen) atoms. The summed E-state index contributed by atoms with van der Waals surface area (Å²) in [5.41, 5.74) is 1.52. The van der Waals surface area contributed by atoms with Crippen molar-refractivity contribution in [1.82, 2.24) is 9.47 Å². The van der Waals surface area contributed by atoms with Crippen LogP contribution in [0.3, 0.4) is 0 Å². The Morgan fingerprint density at radius 2 is 1.85 bits per heavy atom. The maximum atomic E-state index is 11.9. The molecule has 0 bridgehead atoms. The first-order valence-electron chi connectivity index (χ1n) is 7.09. The lowest BCUT2D eigenvalue weighted by molar-refractivity contribution is -0.0685. The minimum absolute atomic E-state index is 0.247. The highest BCUT2D eigenvalue weighted by atomic mass is 16.5. The van der Waals surface area contributed by atoms with Gasteiger partial charge in [0.2, 0.25) is 0 Å². The van der Waals surface area contributed by atoms with E-state index >= 15 is 0 Å². The van der Waals surface area contributed by atoms with Gasteiger partial charge in [0.05, 0.1) is 17.7 Å². The number of para-hydroxylation sites is 2. The van der Waals surface area contributed by atoms with E-state index in [0.717, 1.165) is 25.2 Å². The van der Waals surface area contributed by atoms with Gasteiger partial charge in [0.1, 0.15) is 0 Å². The molecule has 5 nitrogen and oxygen atoms in total. The van der Waals surface area contributed by atoms with Crippen molar-refractivity contribution in [3.8, 4) is 0 Å². The van der Waals surface area contributed by atoms with E-state index in [2.05, 4.69) is 18.7 Å². The molecule has 0 radical (unpaired) electrons. The summed E-state index contributed by atoms with van der Waals surface area (Å²) >= 11 is 0. The van der Waals surface area contributed by atoms with Crippen molar-refractivity contribution in [2.75, 3.05) is 19.6 Å². The number of hydrogen-bond acceptors (Lipinski definition) is 4. The average Bonchev–Trinajstić information content (AvgIpc) is 2.71. The number of nitrogens with zero attached hydrogens (tertiary/aromatic N) is 2. The number of ether oxygens (including phenoxy) is 1. The van der Waals surface area contributed by atoms with E-state index in [1.54, 1.807) is 4.57 Å². The van der Waals surface area contributed by atoms with E-state index in [0.29, 0.717) is 12.1 Å². The van der Waals surface area contributed by atoms with E-state index in [-0.39, 0.29) is 18.0 Å². The topological polar surface area (TPSA) is 47.6 Å². The van der Waals surface area contributed by atoms with Crippen LogP contribution in [0.2, 0.25) is 0 Å². The summed E-state index contributed by atoms with van der Waals surface area (Å²) in [7, 11) is 0. The Morgan fingerprint density at radius 1 is 1.15 bits per heavy atom. The van der Waals surface area contributed by atoms with Crippen molar-refractivity contribution < 1.29 is 9.15 Å². The average molecular weight is 276 g/mol. The highest BCUT2D eigenvalue weighted by molar-refractivity contribution is 5.72. The zero-order valence-corrected chi connectivity index (χ0v) is 11.9. The molecule has 0 saturated carbocycles. The van der Waals surface area contributed by atoms with E-state index in [4.69, 9.17) is 9.15 Å². The Labute approximate surface area is 117 Å². The van der Waals surface area contributed by atoms with Gasteiger partial charge >= 0.3 is 5.76 Å². The van der Waals surface area contributed by atoms with Crippen molar-refractivity contribution in [1.29, 1.82) is 0 Å². The first kappa shape index (κ1) is 13.4.